The average molecular weight is 238 g/mol. The molecule has 2 rings (SSSR count). The van der Waals surface area contributed by atoms with Crippen molar-refractivity contribution in [3.63, 3.8) is 0 Å². The highest BCUT2D eigenvalue weighted by Gasteiger charge is 2.32. The maximum absolute atomic E-state index is 12.1. The van der Waals surface area contributed by atoms with Gasteiger partial charge in [0.05, 0.1) is 5.92 Å². The fourth-order valence-corrected chi connectivity index (χ4v) is 3.40. The second kappa shape index (κ2) is 5.85. The zero-order chi connectivity index (χ0) is 12.3. The van der Waals surface area contributed by atoms with Crippen LogP contribution in [0.1, 0.15) is 58.3 Å². The Labute approximate surface area is 105 Å². The molecule has 3 atom stereocenters. The third kappa shape index (κ3) is 3.21. The number of amides is 1. The summed E-state index contributed by atoms with van der Waals surface area (Å²) in [5, 5.41) is 3.20. The molecule has 0 aromatic rings. The molecule has 0 heterocycles. The van der Waals surface area contributed by atoms with E-state index in [1.54, 1.807) is 0 Å². The van der Waals surface area contributed by atoms with Crippen molar-refractivity contribution < 1.29 is 4.79 Å². The largest absolute Gasteiger partial charge is 0.353 e. The fourth-order valence-electron chi connectivity index (χ4n) is 3.40. The summed E-state index contributed by atoms with van der Waals surface area (Å²) >= 11 is 0. The lowest BCUT2D eigenvalue weighted by Crippen LogP contribution is -2.45. The molecular formula is C14H26N2O. The van der Waals surface area contributed by atoms with Crippen molar-refractivity contribution in [2.24, 2.45) is 17.6 Å². The van der Waals surface area contributed by atoms with Gasteiger partial charge in [0.1, 0.15) is 0 Å². The monoisotopic (exact) mass is 238 g/mol. The molecule has 0 saturated heterocycles. The number of rotatable bonds is 3. The second-order valence-electron chi connectivity index (χ2n) is 5.90. The first kappa shape index (κ1) is 12.9. The molecule has 0 spiro atoms. The highest BCUT2D eigenvalue weighted by atomic mass is 16.2. The van der Waals surface area contributed by atoms with E-state index in [0.717, 1.165) is 19.3 Å². The predicted octanol–water partition coefficient (Wildman–Crippen LogP) is 2.20. The van der Waals surface area contributed by atoms with E-state index < -0.39 is 0 Å². The molecule has 2 unspecified atom stereocenters. The molecule has 0 radical (unpaired) electrons. The zero-order valence-corrected chi connectivity index (χ0v) is 11.0. The van der Waals surface area contributed by atoms with Crippen LogP contribution < -0.4 is 11.1 Å². The van der Waals surface area contributed by atoms with Crippen molar-refractivity contribution in [1.82, 2.24) is 5.32 Å². The Morgan fingerprint density at radius 1 is 1.12 bits per heavy atom. The molecule has 0 bridgehead atoms. The first-order valence-corrected chi connectivity index (χ1v) is 7.24. The van der Waals surface area contributed by atoms with Gasteiger partial charge in [-0.05, 0) is 38.5 Å². The molecule has 0 aliphatic heterocycles. The van der Waals surface area contributed by atoms with E-state index in [0.29, 0.717) is 12.0 Å². The Morgan fingerprint density at radius 3 is 2.41 bits per heavy atom. The number of nitrogens with two attached hydrogens (primary N) is 1. The number of hydrogen-bond donors (Lipinski definition) is 2. The molecule has 3 N–H and O–H groups in total. The standard InChI is InChI=1S/C14H26N2O/c1-10(11-6-3-2-4-7-11)16-14(17)12-8-5-9-13(12)15/h10-13H,2-9,15H2,1H3,(H,16,17)/t10-,12?,13?/m1/s1. The van der Waals surface area contributed by atoms with Gasteiger partial charge in [-0.15, -0.1) is 0 Å². The van der Waals surface area contributed by atoms with Crippen molar-refractivity contribution >= 4 is 5.91 Å². The summed E-state index contributed by atoms with van der Waals surface area (Å²) in [6.45, 7) is 2.16. The summed E-state index contributed by atoms with van der Waals surface area (Å²) in [4.78, 5) is 12.1. The van der Waals surface area contributed by atoms with Gasteiger partial charge in [-0.1, -0.05) is 25.7 Å². The first-order chi connectivity index (χ1) is 8.18. The first-order valence-electron chi connectivity index (χ1n) is 7.24. The van der Waals surface area contributed by atoms with Crippen LogP contribution >= 0.6 is 0 Å². The minimum absolute atomic E-state index is 0.0704. The van der Waals surface area contributed by atoms with Crippen LogP contribution in [-0.2, 0) is 4.79 Å². The summed E-state index contributed by atoms with van der Waals surface area (Å²) in [5.41, 5.74) is 5.97. The third-order valence-electron chi connectivity index (χ3n) is 4.63. The maximum Gasteiger partial charge on any atom is 0.224 e. The van der Waals surface area contributed by atoms with E-state index >= 15 is 0 Å². The van der Waals surface area contributed by atoms with Crippen LogP contribution in [0.2, 0.25) is 0 Å². The topological polar surface area (TPSA) is 55.1 Å². The Morgan fingerprint density at radius 2 is 1.82 bits per heavy atom. The Hall–Kier alpha value is -0.570. The van der Waals surface area contributed by atoms with Crippen LogP contribution in [-0.4, -0.2) is 18.0 Å². The Bertz CT molecular complexity index is 261. The van der Waals surface area contributed by atoms with Gasteiger partial charge in [-0.3, -0.25) is 4.79 Å². The lowest BCUT2D eigenvalue weighted by molar-refractivity contribution is -0.126. The van der Waals surface area contributed by atoms with Crippen molar-refractivity contribution in [1.29, 1.82) is 0 Å². The summed E-state index contributed by atoms with van der Waals surface area (Å²) in [7, 11) is 0. The van der Waals surface area contributed by atoms with Gasteiger partial charge >= 0.3 is 0 Å². The van der Waals surface area contributed by atoms with Gasteiger partial charge in [0.15, 0.2) is 0 Å². The predicted molar refractivity (Wildman–Crippen MR) is 69.5 cm³/mol. The Balaban J connectivity index is 1.80. The van der Waals surface area contributed by atoms with Crippen LogP contribution in [0, 0.1) is 11.8 Å². The second-order valence-corrected chi connectivity index (χ2v) is 5.90. The van der Waals surface area contributed by atoms with E-state index in [1.807, 2.05) is 0 Å². The normalized spacial score (nSPS) is 32.4. The van der Waals surface area contributed by atoms with Crippen molar-refractivity contribution in [3.8, 4) is 0 Å². The lowest BCUT2D eigenvalue weighted by Gasteiger charge is -2.29. The highest BCUT2D eigenvalue weighted by molar-refractivity contribution is 5.80. The molecule has 0 aromatic heterocycles. The third-order valence-corrected chi connectivity index (χ3v) is 4.63. The lowest BCUT2D eigenvalue weighted by atomic mass is 9.84. The van der Waals surface area contributed by atoms with Crippen LogP contribution in [0.4, 0.5) is 0 Å². The number of hydrogen-bond acceptors (Lipinski definition) is 2. The molecule has 0 aromatic carbocycles. The summed E-state index contributed by atoms with van der Waals surface area (Å²) in [6, 6.07) is 0.421. The Kier molecular flexibility index (Phi) is 4.43. The molecule has 2 aliphatic carbocycles. The maximum atomic E-state index is 12.1. The van der Waals surface area contributed by atoms with Crippen LogP contribution in [0.15, 0.2) is 0 Å². The molecule has 2 saturated carbocycles. The van der Waals surface area contributed by atoms with E-state index in [-0.39, 0.29) is 17.9 Å². The van der Waals surface area contributed by atoms with Crippen molar-refractivity contribution in [2.45, 2.75) is 70.4 Å². The van der Waals surface area contributed by atoms with Gasteiger partial charge in [0, 0.05) is 12.1 Å². The van der Waals surface area contributed by atoms with Crippen molar-refractivity contribution in [2.75, 3.05) is 0 Å². The quantitative estimate of drug-likeness (QED) is 0.792. The van der Waals surface area contributed by atoms with Crippen LogP contribution in [0.25, 0.3) is 0 Å². The number of carbonyl (C=O) groups is 1. The van der Waals surface area contributed by atoms with E-state index in [2.05, 4.69) is 12.2 Å². The molecule has 17 heavy (non-hydrogen) atoms. The molecular weight excluding hydrogens is 212 g/mol. The van der Waals surface area contributed by atoms with Gasteiger partial charge in [0.2, 0.25) is 5.91 Å². The van der Waals surface area contributed by atoms with Gasteiger partial charge < -0.3 is 11.1 Å². The highest BCUT2D eigenvalue weighted by Crippen LogP contribution is 2.28. The van der Waals surface area contributed by atoms with Crippen molar-refractivity contribution in [3.05, 3.63) is 0 Å². The molecule has 3 heteroatoms. The average Bonchev–Trinajstić information content (AvgIpc) is 2.76. The zero-order valence-electron chi connectivity index (χ0n) is 11.0. The summed E-state index contributed by atoms with van der Waals surface area (Å²) in [6.07, 6.45) is 9.67. The minimum atomic E-state index is 0.0704. The van der Waals surface area contributed by atoms with Crippen LogP contribution in [0.5, 0.6) is 0 Å². The van der Waals surface area contributed by atoms with Gasteiger partial charge in [0.25, 0.3) is 0 Å². The summed E-state index contributed by atoms with van der Waals surface area (Å²) in [5.74, 6) is 0.958. The van der Waals surface area contributed by atoms with Gasteiger partial charge in [-0.25, -0.2) is 0 Å². The van der Waals surface area contributed by atoms with E-state index in [4.69, 9.17) is 5.73 Å². The smallest absolute Gasteiger partial charge is 0.224 e. The van der Waals surface area contributed by atoms with Crippen LogP contribution in [0.3, 0.4) is 0 Å². The summed E-state index contributed by atoms with van der Waals surface area (Å²) < 4.78 is 0. The van der Waals surface area contributed by atoms with E-state index in [9.17, 15) is 4.79 Å². The molecule has 2 fully saturated rings. The fraction of sp³-hybridized carbons (Fsp3) is 0.929. The molecule has 2 aliphatic rings. The number of carbonyl (C=O) groups excluding carboxylic acids is 1. The molecule has 3 nitrogen and oxygen atoms in total. The van der Waals surface area contributed by atoms with E-state index in [1.165, 1.54) is 32.1 Å². The van der Waals surface area contributed by atoms with Gasteiger partial charge in [-0.2, -0.15) is 0 Å². The molecule has 98 valence electrons. The molecule has 1 amide bonds. The SMILES string of the molecule is C[C@@H](NC(=O)C1CCCC1N)C1CCCCC1. The number of nitrogens with one attached hydrogen (secondary N) is 1. The minimum Gasteiger partial charge on any atom is -0.353 e.